The molecule has 0 saturated carbocycles. The Labute approximate surface area is 129 Å². The fourth-order valence-corrected chi connectivity index (χ4v) is 2.24. The molecule has 0 amide bonds. The lowest BCUT2D eigenvalue weighted by atomic mass is 10.0. The molecular weight excluding hydrogens is 262 g/mol. The SMILES string of the molecule is CCCc1nc(NN)cc(NCCCCCCC(C)C)n1. The number of unbranched alkanes of at least 4 members (excludes halogenated alkanes) is 3. The summed E-state index contributed by atoms with van der Waals surface area (Å²) >= 11 is 0. The van der Waals surface area contributed by atoms with Crippen molar-refractivity contribution in [2.45, 2.75) is 65.7 Å². The maximum atomic E-state index is 5.45. The zero-order chi connectivity index (χ0) is 15.5. The molecule has 5 heteroatoms. The molecule has 1 heterocycles. The predicted octanol–water partition coefficient (Wildman–Crippen LogP) is 3.73. The third kappa shape index (κ3) is 7.85. The summed E-state index contributed by atoms with van der Waals surface area (Å²) in [6.45, 7) is 7.64. The van der Waals surface area contributed by atoms with Crippen molar-refractivity contribution in [3.63, 3.8) is 0 Å². The molecule has 0 fully saturated rings. The van der Waals surface area contributed by atoms with Gasteiger partial charge in [0.05, 0.1) is 0 Å². The molecule has 0 atom stereocenters. The summed E-state index contributed by atoms with van der Waals surface area (Å²) in [5.41, 5.74) is 2.60. The Morgan fingerprint density at radius 1 is 1.10 bits per heavy atom. The van der Waals surface area contributed by atoms with E-state index in [4.69, 9.17) is 5.84 Å². The first-order chi connectivity index (χ1) is 10.2. The Balaban J connectivity index is 2.29. The van der Waals surface area contributed by atoms with E-state index < -0.39 is 0 Å². The van der Waals surface area contributed by atoms with E-state index in [1.807, 2.05) is 6.07 Å². The van der Waals surface area contributed by atoms with E-state index >= 15 is 0 Å². The summed E-state index contributed by atoms with van der Waals surface area (Å²) in [7, 11) is 0. The molecule has 0 bridgehead atoms. The summed E-state index contributed by atoms with van der Waals surface area (Å²) in [5, 5.41) is 3.37. The van der Waals surface area contributed by atoms with Gasteiger partial charge in [0.2, 0.25) is 0 Å². The Kier molecular flexibility index (Phi) is 8.74. The number of anilines is 2. The molecule has 1 rings (SSSR count). The van der Waals surface area contributed by atoms with E-state index in [9.17, 15) is 0 Å². The Bertz CT molecular complexity index is 392. The van der Waals surface area contributed by atoms with Gasteiger partial charge in [-0.1, -0.05) is 46.5 Å². The monoisotopic (exact) mass is 293 g/mol. The molecule has 21 heavy (non-hydrogen) atoms. The normalized spacial score (nSPS) is 10.9. The van der Waals surface area contributed by atoms with Crippen LogP contribution in [0.3, 0.4) is 0 Å². The Hall–Kier alpha value is -1.36. The van der Waals surface area contributed by atoms with Crippen LogP contribution in [0.4, 0.5) is 11.6 Å². The number of aryl methyl sites for hydroxylation is 1. The summed E-state index contributed by atoms with van der Waals surface area (Å²) in [5.74, 6) is 8.65. The second-order valence-electron chi connectivity index (χ2n) is 5.97. The van der Waals surface area contributed by atoms with Gasteiger partial charge in [0.25, 0.3) is 0 Å². The molecule has 1 aromatic heterocycles. The van der Waals surface area contributed by atoms with Crippen molar-refractivity contribution in [3.05, 3.63) is 11.9 Å². The molecule has 0 radical (unpaired) electrons. The molecule has 0 aliphatic heterocycles. The van der Waals surface area contributed by atoms with Crippen molar-refractivity contribution in [1.29, 1.82) is 0 Å². The Morgan fingerprint density at radius 2 is 1.81 bits per heavy atom. The van der Waals surface area contributed by atoms with Gasteiger partial charge in [-0.25, -0.2) is 15.8 Å². The lowest BCUT2D eigenvalue weighted by molar-refractivity contribution is 0.523. The number of hydrazine groups is 1. The van der Waals surface area contributed by atoms with Crippen molar-refractivity contribution in [1.82, 2.24) is 9.97 Å². The van der Waals surface area contributed by atoms with Gasteiger partial charge in [0, 0.05) is 19.0 Å². The average Bonchev–Trinajstić information content (AvgIpc) is 2.46. The number of nitrogen functional groups attached to an aromatic ring is 1. The zero-order valence-corrected chi connectivity index (χ0v) is 13.8. The largest absolute Gasteiger partial charge is 0.370 e. The van der Waals surface area contributed by atoms with E-state index in [1.54, 1.807) is 0 Å². The van der Waals surface area contributed by atoms with E-state index in [0.29, 0.717) is 5.82 Å². The fraction of sp³-hybridized carbons (Fsp3) is 0.750. The number of nitrogens with zero attached hydrogens (tertiary/aromatic N) is 2. The van der Waals surface area contributed by atoms with Crippen LogP contribution < -0.4 is 16.6 Å². The smallest absolute Gasteiger partial charge is 0.145 e. The maximum absolute atomic E-state index is 5.45. The zero-order valence-electron chi connectivity index (χ0n) is 13.8. The van der Waals surface area contributed by atoms with E-state index in [0.717, 1.165) is 36.9 Å². The van der Waals surface area contributed by atoms with Gasteiger partial charge < -0.3 is 10.7 Å². The van der Waals surface area contributed by atoms with Crippen molar-refractivity contribution < 1.29 is 0 Å². The van der Waals surface area contributed by atoms with Gasteiger partial charge in [0.15, 0.2) is 0 Å². The van der Waals surface area contributed by atoms with Gasteiger partial charge >= 0.3 is 0 Å². The molecular formula is C16H31N5. The van der Waals surface area contributed by atoms with Crippen LogP contribution in [0.15, 0.2) is 6.07 Å². The van der Waals surface area contributed by atoms with E-state index in [2.05, 4.69) is 41.5 Å². The number of aromatic nitrogens is 2. The first-order valence-electron chi connectivity index (χ1n) is 8.24. The van der Waals surface area contributed by atoms with Crippen molar-refractivity contribution in [2.24, 2.45) is 11.8 Å². The average molecular weight is 293 g/mol. The van der Waals surface area contributed by atoms with Crippen molar-refractivity contribution in [3.8, 4) is 0 Å². The van der Waals surface area contributed by atoms with E-state index in [-0.39, 0.29) is 0 Å². The maximum Gasteiger partial charge on any atom is 0.145 e. The first kappa shape index (κ1) is 17.7. The molecule has 1 aromatic rings. The van der Waals surface area contributed by atoms with Gasteiger partial charge in [-0.3, -0.25) is 0 Å². The highest BCUT2D eigenvalue weighted by Gasteiger charge is 2.03. The first-order valence-corrected chi connectivity index (χ1v) is 8.24. The molecule has 0 saturated heterocycles. The third-order valence-electron chi connectivity index (χ3n) is 3.41. The highest BCUT2D eigenvalue weighted by Crippen LogP contribution is 2.13. The highest BCUT2D eigenvalue weighted by molar-refractivity contribution is 5.46. The number of hydrogen-bond acceptors (Lipinski definition) is 5. The quantitative estimate of drug-likeness (QED) is 0.329. The second-order valence-corrected chi connectivity index (χ2v) is 5.97. The lowest BCUT2D eigenvalue weighted by Crippen LogP contribution is -2.12. The fourth-order valence-electron chi connectivity index (χ4n) is 2.24. The van der Waals surface area contributed by atoms with Crippen LogP contribution in [-0.4, -0.2) is 16.5 Å². The minimum Gasteiger partial charge on any atom is -0.370 e. The summed E-state index contributed by atoms with van der Waals surface area (Å²) < 4.78 is 0. The van der Waals surface area contributed by atoms with Crippen LogP contribution in [0.25, 0.3) is 0 Å². The van der Waals surface area contributed by atoms with Crippen molar-refractivity contribution in [2.75, 3.05) is 17.3 Å². The Morgan fingerprint density at radius 3 is 2.48 bits per heavy atom. The van der Waals surface area contributed by atoms with Crippen LogP contribution in [0.2, 0.25) is 0 Å². The second kappa shape index (κ2) is 10.4. The van der Waals surface area contributed by atoms with Crippen molar-refractivity contribution >= 4 is 11.6 Å². The molecule has 5 nitrogen and oxygen atoms in total. The van der Waals surface area contributed by atoms with Gasteiger partial charge in [-0.15, -0.1) is 0 Å². The predicted molar refractivity (Wildman–Crippen MR) is 90.2 cm³/mol. The number of nitrogens with two attached hydrogens (primary N) is 1. The standard InChI is InChI=1S/C16H31N5/c1-4-9-14-19-15(12-16(20-14)21-17)18-11-8-6-5-7-10-13(2)3/h12-13H,4-11,17H2,1-3H3,(H2,18,19,20,21). The highest BCUT2D eigenvalue weighted by atomic mass is 15.3. The van der Waals surface area contributed by atoms with Crippen LogP contribution in [0.1, 0.15) is 65.1 Å². The topological polar surface area (TPSA) is 75.9 Å². The summed E-state index contributed by atoms with van der Waals surface area (Å²) in [6, 6.07) is 1.86. The molecule has 120 valence electrons. The minimum absolute atomic E-state index is 0.674. The van der Waals surface area contributed by atoms with Crippen LogP contribution in [0.5, 0.6) is 0 Å². The van der Waals surface area contributed by atoms with E-state index in [1.165, 1.54) is 32.1 Å². The summed E-state index contributed by atoms with van der Waals surface area (Å²) in [4.78, 5) is 8.85. The number of nitrogens with one attached hydrogen (secondary N) is 2. The van der Waals surface area contributed by atoms with Crippen LogP contribution in [0, 0.1) is 5.92 Å². The molecule has 0 spiro atoms. The molecule has 0 aliphatic rings. The molecule has 0 unspecified atom stereocenters. The van der Waals surface area contributed by atoms with Gasteiger partial charge in [-0.2, -0.15) is 0 Å². The molecule has 0 aromatic carbocycles. The van der Waals surface area contributed by atoms with Crippen LogP contribution in [-0.2, 0) is 6.42 Å². The minimum atomic E-state index is 0.674. The summed E-state index contributed by atoms with van der Waals surface area (Å²) in [6.07, 6.45) is 8.35. The molecule has 0 aliphatic carbocycles. The van der Waals surface area contributed by atoms with Gasteiger partial charge in [-0.05, 0) is 18.8 Å². The lowest BCUT2D eigenvalue weighted by Gasteiger charge is -2.09. The number of hydrogen-bond donors (Lipinski definition) is 3. The number of rotatable bonds is 11. The molecule has 4 N–H and O–H groups in total. The van der Waals surface area contributed by atoms with Crippen LogP contribution >= 0.6 is 0 Å². The van der Waals surface area contributed by atoms with Gasteiger partial charge in [0.1, 0.15) is 17.5 Å². The third-order valence-corrected chi connectivity index (χ3v) is 3.41.